The second-order valence-electron chi connectivity index (χ2n) is 3.73. The molecule has 0 heterocycles. The van der Waals surface area contributed by atoms with Crippen LogP contribution in [0.2, 0.25) is 0 Å². The van der Waals surface area contributed by atoms with Gasteiger partial charge in [0.1, 0.15) is 5.82 Å². The first-order chi connectivity index (χ1) is 7.88. The molecule has 0 fully saturated rings. The minimum atomic E-state index is -1.08. The minimum Gasteiger partial charge on any atom is -0.481 e. The predicted molar refractivity (Wildman–Crippen MR) is 58.5 cm³/mol. The van der Waals surface area contributed by atoms with Crippen LogP contribution in [0, 0.1) is 12.7 Å². The van der Waals surface area contributed by atoms with Gasteiger partial charge in [0.05, 0.1) is 18.6 Å². The average molecular weight is 240 g/mol. The van der Waals surface area contributed by atoms with Crippen molar-refractivity contribution in [1.29, 1.82) is 0 Å². The Morgan fingerprint density at radius 1 is 1.41 bits per heavy atom. The predicted octanol–water partition coefficient (Wildman–Crippen LogP) is 2.11. The summed E-state index contributed by atoms with van der Waals surface area (Å²) < 4.78 is 18.1. The van der Waals surface area contributed by atoms with Crippen LogP contribution in [0.5, 0.6) is 0 Å². The summed E-state index contributed by atoms with van der Waals surface area (Å²) in [5, 5.41) is 8.84. The highest BCUT2D eigenvalue weighted by molar-refractivity contribution is 5.91. The second kappa shape index (κ2) is 4.95. The molecule has 0 aliphatic carbocycles. The first-order valence-corrected chi connectivity index (χ1v) is 4.99. The number of methoxy groups -OCH3 is 1. The van der Waals surface area contributed by atoms with Crippen molar-refractivity contribution in [2.24, 2.45) is 0 Å². The maximum atomic E-state index is 13.6. The molecule has 92 valence electrons. The number of rotatable bonds is 3. The maximum absolute atomic E-state index is 13.6. The number of benzene rings is 1. The van der Waals surface area contributed by atoms with E-state index in [1.165, 1.54) is 27.0 Å². The highest BCUT2D eigenvalue weighted by Gasteiger charge is 2.20. The first-order valence-electron chi connectivity index (χ1n) is 4.99. The molecule has 0 bridgehead atoms. The third-order valence-electron chi connectivity index (χ3n) is 2.64. The zero-order valence-corrected chi connectivity index (χ0v) is 9.78. The van der Waals surface area contributed by atoms with Gasteiger partial charge in [0, 0.05) is 0 Å². The standard InChI is InChI=1S/C12H13FO4/c1-6(11(14)15)8-4-9(12(16)17-3)7(2)10(13)5-8/h4-6H,1-3H3,(H,14,15). The van der Waals surface area contributed by atoms with Gasteiger partial charge in [0.2, 0.25) is 0 Å². The number of carboxylic acid groups (broad SMARTS) is 1. The third kappa shape index (κ3) is 2.61. The average Bonchev–Trinajstić information content (AvgIpc) is 2.30. The Morgan fingerprint density at radius 2 is 2.00 bits per heavy atom. The molecule has 5 heteroatoms. The highest BCUT2D eigenvalue weighted by atomic mass is 19.1. The number of carbonyl (C=O) groups excluding carboxylic acids is 1. The molecule has 1 atom stereocenters. The highest BCUT2D eigenvalue weighted by Crippen LogP contribution is 2.22. The SMILES string of the molecule is COC(=O)c1cc(C(C)C(=O)O)cc(F)c1C. The molecule has 1 N–H and O–H groups in total. The number of carboxylic acids is 1. The van der Waals surface area contributed by atoms with Gasteiger partial charge in [-0.2, -0.15) is 0 Å². The molecule has 0 radical (unpaired) electrons. The Kier molecular flexibility index (Phi) is 3.83. The van der Waals surface area contributed by atoms with Crippen molar-refractivity contribution in [1.82, 2.24) is 0 Å². The lowest BCUT2D eigenvalue weighted by Crippen LogP contribution is -2.12. The zero-order chi connectivity index (χ0) is 13.2. The van der Waals surface area contributed by atoms with Gasteiger partial charge in [-0.05, 0) is 37.1 Å². The van der Waals surface area contributed by atoms with Crippen molar-refractivity contribution < 1.29 is 23.8 Å². The molecule has 1 unspecified atom stereocenters. The summed E-state index contributed by atoms with van der Waals surface area (Å²) in [4.78, 5) is 22.2. The van der Waals surface area contributed by atoms with E-state index in [0.717, 1.165) is 6.07 Å². The van der Waals surface area contributed by atoms with Crippen molar-refractivity contribution in [2.45, 2.75) is 19.8 Å². The molecular weight excluding hydrogens is 227 g/mol. The Morgan fingerprint density at radius 3 is 2.47 bits per heavy atom. The summed E-state index contributed by atoms with van der Waals surface area (Å²) in [5.74, 6) is -3.26. The molecule has 0 saturated carbocycles. The molecule has 4 nitrogen and oxygen atoms in total. The number of carbonyl (C=O) groups is 2. The fourth-order valence-corrected chi connectivity index (χ4v) is 1.41. The summed E-state index contributed by atoms with van der Waals surface area (Å²) in [5.41, 5.74) is 0.440. The fraction of sp³-hybridized carbons (Fsp3) is 0.333. The molecule has 0 amide bonds. The van der Waals surface area contributed by atoms with Crippen molar-refractivity contribution >= 4 is 11.9 Å². The number of aliphatic carboxylic acids is 1. The zero-order valence-electron chi connectivity index (χ0n) is 9.78. The van der Waals surface area contributed by atoms with Crippen LogP contribution in [-0.4, -0.2) is 24.2 Å². The van der Waals surface area contributed by atoms with Crippen molar-refractivity contribution in [3.05, 3.63) is 34.6 Å². The molecule has 1 aromatic rings. The lowest BCUT2D eigenvalue weighted by molar-refractivity contribution is -0.138. The number of hydrogen-bond donors (Lipinski definition) is 1. The third-order valence-corrected chi connectivity index (χ3v) is 2.64. The number of hydrogen-bond acceptors (Lipinski definition) is 3. The van der Waals surface area contributed by atoms with Gasteiger partial charge >= 0.3 is 11.9 Å². The molecule has 0 aliphatic heterocycles. The molecule has 1 aromatic carbocycles. The lowest BCUT2D eigenvalue weighted by atomic mass is 9.96. The molecular formula is C12H13FO4. The fourth-order valence-electron chi connectivity index (χ4n) is 1.41. The molecule has 0 aliphatic rings. The molecule has 17 heavy (non-hydrogen) atoms. The van der Waals surface area contributed by atoms with Gasteiger partial charge < -0.3 is 9.84 Å². The van der Waals surface area contributed by atoms with Crippen LogP contribution in [-0.2, 0) is 9.53 Å². The summed E-state index contributed by atoms with van der Waals surface area (Å²) >= 11 is 0. The van der Waals surface area contributed by atoms with E-state index in [1.807, 2.05) is 0 Å². The van der Waals surface area contributed by atoms with Gasteiger partial charge in [-0.15, -0.1) is 0 Å². The van der Waals surface area contributed by atoms with Gasteiger partial charge in [-0.3, -0.25) is 4.79 Å². The quantitative estimate of drug-likeness (QED) is 0.822. The van der Waals surface area contributed by atoms with Crippen LogP contribution in [0.3, 0.4) is 0 Å². The molecule has 0 saturated heterocycles. The lowest BCUT2D eigenvalue weighted by Gasteiger charge is -2.11. The number of ether oxygens (including phenoxy) is 1. The van der Waals surface area contributed by atoms with Gasteiger partial charge in [-0.25, -0.2) is 9.18 Å². The monoisotopic (exact) mass is 240 g/mol. The topological polar surface area (TPSA) is 63.6 Å². The summed E-state index contributed by atoms with van der Waals surface area (Å²) in [6.07, 6.45) is 0. The number of esters is 1. The number of halogens is 1. The van der Waals surface area contributed by atoms with E-state index < -0.39 is 23.7 Å². The largest absolute Gasteiger partial charge is 0.481 e. The van der Waals surface area contributed by atoms with E-state index in [0.29, 0.717) is 0 Å². The summed E-state index contributed by atoms with van der Waals surface area (Å²) in [6, 6.07) is 2.48. The van der Waals surface area contributed by atoms with Crippen LogP contribution >= 0.6 is 0 Å². The van der Waals surface area contributed by atoms with Crippen molar-refractivity contribution in [3.63, 3.8) is 0 Å². The smallest absolute Gasteiger partial charge is 0.338 e. The van der Waals surface area contributed by atoms with Crippen LogP contribution in [0.4, 0.5) is 4.39 Å². The first kappa shape index (κ1) is 13.2. The van der Waals surface area contributed by atoms with Crippen LogP contribution in [0.1, 0.15) is 34.3 Å². The second-order valence-corrected chi connectivity index (χ2v) is 3.73. The molecule has 1 rings (SSSR count). The van der Waals surface area contributed by atoms with Gasteiger partial charge in [0.25, 0.3) is 0 Å². The summed E-state index contributed by atoms with van der Waals surface area (Å²) in [7, 11) is 1.19. The van der Waals surface area contributed by atoms with E-state index in [2.05, 4.69) is 4.74 Å². The van der Waals surface area contributed by atoms with Crippen molar-refractivity contribution in [2.75, 3.05) is 7.11 Å². The molecule has 0 aromatic heterocycles. The summed E-state index contributed by atoms with van der Waals surface area (Å²) in [6.45, 7) is 2.87. The molecule has 0 spiro atoms. The Hall–Kier alpha value is -1.91. The van der Waals surface area contributed by atoms with Crippen molar-refractivity contribution in [3.8, 4) is 0 Å². The van der Waals surface area contributed by atoms with E-state index in [4.69, 9.17) is 5.11 Å². The van der Waals surface area contributed by atoms with Gasteiger partial charge in [0.15, 0.2) is 0 Å². The van der Waals surface area contributed by atoms with Crippen LogP contribution in [0.15, 0.2) is 12.1 Å². The minimum absolute atomic E-state index is 0.0515. The Labute approximate surface area is 98.0 Å². The maximum Gasteiger partial charge on any atom is 0.338 e. The van der Waals surface area contributed by atoms with E-state index in [-0.39, 0.29) is 16.7 Å². The Bertz CT molecular complexity index is 468. The van der Waals surface area contributed by atoms with E-state index in [9.17, 15) is 14.0 Å². The van der Waals surface area contributed by atoms with Gasteiger partial charge in [-0.1, -0.05) is 0 Å². The van der Waals surface area contributed by atoms with E-state index in [1.54, 1.807) is 0 Å². The normalized spacial score (nSPS) is 12.0. The Balaban J connectivity index is 3.33. The van der Waals surface area contributed by atoms with Crippen LogP contribution in [0.25, 0.3) is 0 Å². The van der Waals surface area contributed by atoms with E-state index >= 15 is 0 Å². The van der Waals surface area contributed by atoms with Crippen LogP contribution < -0.4 is 0 Å².